The molecule has 0 radical (unpaired) electrons. The molecule has 1 aliphatic rings. The van der Waals surface area contributed by atoms with Gasteiger partial charge in [0, 0.05) is 37.2 Å². The number of fused-ring (bicyclic) bond motifs is 1. The van der Waals surface area contributed by atoms with Crippen LogP contribution in [0.2, 0.25) is 0 Å². The molecule has 6 nitrogen and oxygen atoms in total. The molecule has 2 aromatic rings. The zero-order valence-electron chi connectivity index (χ0n) is 15.7. The van der Waals surface area contributed by atoms with Crippen LogP contribution in [0.1, 0.15) is 54.0 Å². The van der Waals surface area contributed by atoms with Crippen LogP contribution in [0.4, 0.5) is 0 Å². The molecule has 26 heavy (non-hydrogen) atoms. The molecule has 1 aliphatic heterocycles. The Morgan fingerprint density at radius 2 is 2.19 bits per heavy atom. The Labute approximate surface area is 154 Å². The zero-order chi connectivity index (χ0) is 18.5. The summed E-state index contributed by atoms with van der Waals surface area (Å²) in [5.74, 6) is 2.89. The molecular weight excluding hydrogens is 330 g/mol. The van der Waals surface area contributed by atoms with Gasteiger partial charge in [-0.05, 0) is 31.0 Å². The Hall–Kier alpha value is -2.50. The second kappa shape index (κ2) is 8.25. The molecule has 1 aromatic heterocycles. The number of hydrogen-bond donors (Lipinski definition) is 1. The van der Waals surface area contributed by atoms with Crippen molar-refractivity contribution in [2.45, 2.75) is 45.1 Å². The lowest BCUT2D eigenvalue weighted by atomic mass is 9.90. The molecule has 0 saturated carbocycles. The molecule has 1 aromatic carbocycles. The molecule has 0 fully saturated rings. The minimum Gasteiger partial charge on any atom is -0.497 e. The summed E-state index contributed by atoms with van der Waals surface area (Å²) in [6.07, 6.45) is 5.72. The summed E-state index contributed by atoms with van der Waals surface area (Å²) in [5, 5.41) is 2.93. The van der Waals surface area contributed by atoms with E-state index in [9.17, 15) is 4.79 Å². The summed E-state index contributed by atoms with van der Waals surface area (Å²) in [6, 6.07) is 5.90. The maximum absolute atomic E-state index is 12.2. The molecule has 1 N–H and O–H groups in total. The number of hydrogen-bond acceptors (Lipinski definition) is 4. The average molecular weight is 357 g/mol. The first-order valence-electron chi connectivity index (χ1n) is 9.22. The number of unbranched alkanes of at least 4 members (excludes halogenated alkanes) is 1. The Morgan fingerprint density at radius 3 is 2.92 bits per heavy atom. The van der Waals surface area contributed by atoms with Crippen LogP contribution in [0.5, 0.6) is 11.5 Å². The van der Waals surface area contributed by atoms with Crippen molar-refractivity contribution in [2.75, 3.05) is 20.8 Å². The topological polar surface area (TPSA) is 65.4 Å². The van der Waals surface area contributed by atoms with Crippen molar-refractivity contribution in [1.82, 2.24) is 14.9 Å². The number of carbonyl (C=O) groups excluding carboxylic acids is 1. The van der Waals surface area contributed by atoms with Crippen LogP contribution < -0.4 is 14.8 Å². The quantitative estimate of drug-likeness (QED) is 0.773. The number of amides is 1. The number of aromatic nitrogens is 2. The Kier molecular flexibility index (Phi) is 5.81. The van der Waals surface area contributed by atoms with Crippen molar-refractivity contribution < 1.29 is 14.3 Å². The summed E-state index contributed by atoms with van der Waals surface area (Å²) < 4.78 is 13.0. The lowest BCUT2D eigenvalue weighted by molar-refractivity contribution is 0.0948. The van der Waals surface area contributed by atoms with E-state index < -0.39 is 0 Å². The van der Waals surface area contributed by atoms with E-state index in [1.165, 1.54) is 0 Å². The van der Waals surface area contributed by atoms with Crippen molar-refractivity contribution in [3.63, 3.8) is 0 Å². The Morgan fingerprint density at radius 1 is 1.35 bits per heavy atom. The number of nitrogens with one attached hydrogen (secondary N) is 1. The van der Waals surface area contributed by atoms with Gasteiger partial charge in [0.2, 0.25) is 0 Å². The van der Waals surface area contributed by atoms with E-state index in [4.69, 9.17) is 9.47 Å². The van der Waals surface area contributed by atoms with Gasteiger partial charge in [0.25, 0.3) is 5.91 Å². The number of nitrogens with zero attached hydrogens (tertiary/aromatic N) is 2. The van der Waals surface area contributed by atoms with Gasteiger partial charge in [0.15, 0.2) is 0 Å². The molecule has 1 amide bonds. The maximum atomic E-state index is 12.2. The van der Waals surface area contributed by atoms with Crippen LogP contribution in [-0.2, 0) is 13.0 Å². The summed E-state index contributed by atoms with van der Waals surface area (Å²) >= 11 is 0. The predicted octanol–water partition coefficient (Wildman–Crippen LogP) is 3.16. The number of aryl methyl sites for hydroxylation is 1. The van der Waals surface area contributed by atoms with Gasteiger partial charge in [-0.15, -0.1) is 0 Å². The molecule has 3 rings (SSSR count). The minimum atomic E-state index is -0.0872. The van der Waals surface area contributed by atoms with E-state index in [1.54, 1.807) is 14.2 Å². The lowest BCUT2D eigenvalue weighted by Crippen LogP contribution is -2.24. The molecule has 1 unspecified atom stereocenters. The highest BCUT2D eigenvalue weighted by Gasteiger charge is 2.25. The summed E-state index contributed by atoms with van der Waals surface area (Å²) in [7, 11) is 3.36. The number of carbonyl (C=O) groups is 1. The van der Waals surface area contributed by atoms with E-state index in [-0.39, 0.29) is 5.91 Å². The van der Waals surface area contributed by atoms with Crippen LogP contribution in [0, 0.1) is 0 Å². The SMILES string of the molecule is CCCCNC(=O)c1cn2c(n1)CCC(c1cc(OC)ccc1OC)C2. The molecule has 0 aliphatic carbocycles. The smallest absolute Gasteiger partial charge is 0.271 e. The van der Waals surface area contributed by atoms with Gasteiger partial charge in [-0.1, -0.05) is 13.3 Å². The van der Waals surface area contributed by atoms with E-state index in [1.807, 2.05) is 24.4 Å². The van der Waals surface area contributed by atoms with Crippen LogP contribution in [0.15, 0.2) is 24.4 Å². The minimum absolute atomic E-state index is 0.0872. The van der Waals surface area contributed by atoms with Crippen molar-refractivity contribution in [1.29, 1.82) is 0 Å². The highest BCUT2D eigenvalue weighted by atomic mass is 16.5. The van der Waals surface area contributed by atoms with Crippen molar-refractivity contribution in [3.8, 4) is 11.5 Å². The number of benzene rings is 1. The molecule has 0 bridgehead atoms. The standard InChI is InChI=1S/C20H27N3O3/c1-4-5-10-21-20(24)17-13-23-12-14(6-9-19(23)22-17)16-11-15(25-2)7-8-18(16)26-3/h7-8,11,13-14H,4-6,9-10,12H2,1-3H3,(H,21,24). The normalized spacial score (nSPS) is 16.0. The summed E-state index contributed by atoms with van der Waals surface area (Å²) in [6.45, 7) is 3.59. The molecule has 2 heterocycles. The van der Waals surface area contributed by atoms with Gasteiger partial charge < -0.3 is 19.4 Å². The van der Waals surface area contributed by atoms with E-state index >= 15 is 0 Å². The second-order valence-electron chi connectivity index (χ2n) is 6.65. The summed E-state index contributed by atoms with van der Waals surface area (Å²) in [4.78, 5) is 16.8. The molecule has 6 heteroatoms. The van der Waals surface area contributed by atoms with Crippen LogP contribution in [0.25, 0.3) is 0 Å². The Bertz CT molecular complexity index is 770. The zero-order valence-corrected chi connectivity index (χ0v) is 15.7. The lowest BCUT2D eigenvalue weighted by Gasteiger charge is -2.25. The predicted molar refractivity (Wildman–Crippen MR) is 100 cm³/mol. The second-order valence-corrected chi connectivity index (χ2v) is 6.65. The van der Waals surface area contributed by atoms with Gasteiger partial charge in [-0.3, -0.25) is 4.79 Å². The van der Waals surface area contributed by atoms with Gasteiger partial charge in [-0.25, -0.2) is 4.98 Å². The third kappa shape index (κ3) is 3.84. The van der Waals surface area contributed by atoms with Gasteiger partial charge in [0.1, 0.15) is 23.0 Å². The van der Waals surface area contributed by atoms with E-state index in [0.29, 0.717) is 18.2 Å². The number of imidazole rings is 1. The number of ether oxygens (including phenoxy) is 2. The van der Waals surface area contributed by atoms with Crippen LogP contribution in [-0.4, -0.2) is 36.2 Å². The molecule has 0 spiro atoms. The van der Waals surface area contributed by atoms with Crippen LogP contribution in [0.3, 0.4) is 0 Å². The fourth-order valence-corrected chi connectivity index (χ4v) is 3.43. The van der Waals surface area contributed by atoms with Crippen molar-refractivity contribution in [2.24, 2.45) is 0 Å². The maximum Gasteiger partial charge on any atom is 0.271 e. The van der Waals surface area contributed by atoms with Crippen molar-refractivity contribution >= 4 is 5.91 Å². The van der Waals surface area contributed by atoms with Gasteiger partial charge in [-0.2, -0.15) is 0 Å². The molecule has 140 valence electrons. The fraction of sp³-hybridized carbons (Fsp3) is 0.500. The third-order valence-corrected chi connectivity index (χ3v) is 4.92. The molecule has 0 saturated heterocycles. The fourth-order valence-electron chi connectivity index (χ4n) is 3.43. The largest absolute Gasteiger partial charge is 0.497 e. The molecular formula is C20H27N3O3. The first-order chi connectivity index (χ1) is 12.7. The molecule has 1 atom stereocenters. The highest BCUT2D eigenvalue weighted by Crippen LogP contribution is 2.36. The highest BCUT2D eigenvalue weighted by molar-refractivity contribution is 5.92. The monoisotopic (exact) mass is 357 g/mol. The van der Waals surface area contributed by atoms with Crippen molar-refractivity contribution in [3.05, 3.63) is 41.5 Å². The summed E-state index contributed by atoms with van der Waals surface area (Å²) in [5.41, 5.74) is 1.65. The average Bonchev–Trinajstić information content (AvgIpc) is 3.11. The van der Waals surface area contributed by atoms with E-state index in [0.717, 1.165) is 55.1 Å². The third-order valence-electron chi connectivity index (χ3n) is 4.92. The first-order valence-corrected chi connectivity index (χ1v) is 9.22. The first kappa shape index (κ1) is 18.3. The van der Waals surface area contributed by atoms with Gasteiger partial charge >= 0.3 is 0 Å². The van der Waals surface area contributed by atoms with Gasteiger partial charge in [0.05, 0.1) is 14.2 Å². The van der Waals surface area contributed by atoms with E-state index in [2.05, 4.69) is 21.8 Å². The number of methoxy groups -OCH3 is 2. The number of rotatable bonds is 7. The van der Waals surface area contributed by atoms with Crippen LogP contribution >= 0.6 is 0 Å². The Balaban J connectivity index is 1.77.